The lowest BCUT2D eigenvalue weighted by Gasteiger charge is -2.10. The van der Waals surface area contributed by atoms with E-state index in [0.717, 1.165) is 0 Å². The predicted molar refractivity (Wildman–Crippen MR) is 113 cm³/mol. The number of aliphatic hydroxyl groups excluding tert-OH is 1. The Balaban J connectivity index is 1.62. The van der Waals surface area contributed by atoms with Crippen LogP contribution >= 0.6 is 0 Å². The van der Waals surface area contributed by atoms with Crippen molar-refractivity contribution in [2.45, 2.75) is 13.0 Å². The first-order valence-electron chi connectivity index (χ1n) is 9.33. The predicted octanol–water partition coefficient (Wildman–Crippen LogP) is 2.00. The van der Waals surface area contributed by atoms with Gasteiger partial charge in [0.2, 0.25) is 5.88 Å². The summed E-state index contributed by atoms with van der Waals surface area (Å²) in [7, 11) is 0. The van der Waals surface area contributed by atoms with Crippen LogP contribution in [0.15, 0.2) is 48.9 Å². The average Bonchev–Trinajstić information content (AvgIpc) is 2.78. The third kappa shape index (κ3) is 6.22. The number of aromatic nitrogens is 3. The van der Waals surface area contributed by atoms with E-state index in [9.17, 15) is 9.18 Å². The van der Waals surface area contributed by atoms with Crippen LogP contribution in [0, 0.1) is 17.7 Å². The van der Waals surface area contributed by atoms with Crippen molar-refractivity contribution in [1.82, 2.24) is 15.0 Å². The first-order chi connectivity index (χ1) is 15.1. The van der Waals surface area contributed by atoms with Crippen molar-refractivity contribution >= 4 is 17.3 Å². The average molecular weight is 421 g/mol. The van der Waals surface area contributed by atoms with Crippen LogP contribution in [0.5, 0.6) is 5.88 Å². The van der Waals surface area contributed by atoms with Crippen LogP contribution in [-0.4, -0.2) is 39.1 Å². The van der Waals surface area contributed by atoms with E-state index in [2.05, 4.69) is 32.1 Å². The highest BCUT2D eigenvalue weighted by atomic mass is 19.1. The van der Waals surface area contributed by atoms with Gasteiger partial charge in [0.1, 0.15) is 23.9 Å². The molecule has 8 nitrogen and oxygen atoms in total. The number of carbonyl (C=O) groups is 1. The molecule has 0 unspecified atom stereocenters. The van der Waals surface area contributed by atoms with Crippen LogP contribution in [0.3, 0.4) is 0 Å². The van der Waals surface area contributed by atoms with Crippen molar-refractivity contribution in [3.05, 3.63) is 71.6 Å². The van der Waals surface area contributed by atoms with Crippen molar-refractivity contribution < 1.29 is 19.0 Å². The highest BCUT2D eigenvalue weighted by Gasteiger charge is 2.12. The van der Waals surface area contributed by atoms with E-state index >= 15 is 0 Å². The van der Waals surface area contributed by atoms with Crippen LogP contribution in [0.4, 0.5) is 15.9 Å². The number of carbonyl (C=O) groups excluding carboxylic acids is 1. The Morgan fingerprint density at radius 1 is 1.19 bits per heavy atom. The zero-order valence-corrected chi connectivity index (χ0v) is 16.5. The Bertz CT molecular complexity index is 1110. The number of hydrogen-bond donors (Lipinski definition) is 3. The summed E-state index contributed by atoms with van der Waals surface area (Å²) in [6.07, 6.45) is 4.25. The lowest BCUT2D eigenvalue weighted by molar-refractivity contribution is 0.0987. The third-order valence-corrected chi connectivity index (χ3v) is 4.19. The topological polar surface area (TPSA) is 123 Å². The highest BCUT2D eigenvalue weighted by molar-refractivity contribution is 5.95. The second-order valence-corrected chi connectivity index (χ2v) is 6.36. The molecule has 0 saturated carbocycles. The van der Waals surface area contributed by atoms with E-state index in [1.54, 1.807) is 30.5 Å². The van der Waals surface area contributed by atoms with Crippen LogP contribution in [-0.2, 0) is 13.0 Å². The van der Waals surface area contributed by atoms with Crippen LogP contribution in [0.1, 0.15) is 21.6 Å². The number of benzene rings is 1. The van der Waals surface area contributed by atoms with E-state index in [0.29, 0.717) is 22.6 Å². The number of Topliss-reactive ketones (excluding diaryl/α,β-unsaturated/α-hetero) is 1. The molecule has 0 fully saturated rings. The van der Waals surface area contributed by atoms with Gasteiger partial charge in [-0.15, -0.1) is 0 Å². The molecule has 3 rings (SSSR count). The van der Waals surface area contributed by atoms with E-state index in [4.69, 9.17) is 15.6 Å². The van der Waals surface area contributed by atoms with Gasteiger partial charge in [0.25, 0.3) is 0 Å². The molecule has 2 aromatic heterocycles. The summed E-state index contributed by atoms with van der Waals surface area (Å²) < 4.78 is 19.4. The van der Waals surface area contributed by atoms with Crippen molar-refractivity contribution in [3.8, 4) is 17.7 Å². The molecule has 0 atom stereocenters. The number of hydrogen-bond acceptors (Lipinski definition) is 8. The zero-order valence-electron chi connectivity index (χ0n) is 16.5. The summed E-state index contributed by atoms with van der Waals surface area (Å²) >= 11 is 0. The molecule has 0 aliphatic carbocycles. The Labute approximate surface area is 178 Å². The standard InChI is InChI=1S/C22H20FN5O3/c23-17-6-5-15(10-16(17)12-26-18-4-3-7-25-22(18)24)11-20(30)19-13-28-21(14-27-19)31-9-2-1-8-29/h3-7,10,13-14,26,29H,8-9,11-12H2,(H2,24,25). The van der Waals surface area contributed by atoms with E-state index in [-0.39, 0.29) is 43.5 Å². The molecule has 0 aliphatic rings. The number of ketones is 1. The van der Waals surface area contributed by atoms with Crippen LogP contribution < -0.4 is 15.8 Å². The van der Waals surface area contributed by atoms with Gasteiger partial charge in [-0.2, -0.15) is 0 Å². The Hall–Kier alpha value is -4.03. The molecule has 31 heavy (non-hydrogen) atoms. The fraction of sp³-hybridized carbons (Fsp3) is 0.182. The molecular formula is C22H20FN5O3. The lowest BCUT2D eigenvalue weighted by Crippen LogP contribution is -2.09. The van der Waals surface area contributed by atoms with Gasteiger partial charge in [0.05, 0.1) is 18.1 Å². The number of ether oxygens (including phenoxy) is 1. The number of aliphatic hydroxyl groups is 1. The minimum atomic E-state index is -0.392. The quantitative estimate of drug-likeness (QED) is 0.373. The summed E-state index contributed by atoms with van der Waals surface area (Å²) in [4.78, 5) is 24.6. The van der Waals surface area contributed by atoms with Gasteiger partial charge in [-0.1, -0.05) is 24.0 Å². The monoisotopic (exact) mass is 421 g/mol. The molecule has 0 saturated heterocycles. The molecule has 1 aromatic carbocycles. The van der Waals surface area contributed by atoms with E-state index < -0.39 is 5.82 Å². The largest absolute Gasteiger partial charge is 0.463 e. The van der Waals surface area contributed by atoms with Crippen molar-refractivity contribution in [3.63, 3.8) is 0 Å². The number of nitrogens with two attached hydrogens (primary N) is 1. The Kier molecular flexibility index (Phi) is 7.45. The molecule has 3 aromatic rings. The highest BCUT2D eigenvalue weighted by Crippen LogP contribution is 2.18. The molecule has 0 aliphatic heterocycles. The van der Waals surface area contributed by atoms with E-state index in [1.165, 1.54) is 18.5 Å². The molecule has 0 amide bonds. The van der Waals surface area contributed by atoms with E-state index in [1.807, 2.05) is 0 Å². The number of pyridine rings is 1. The van der Waals surface area contributed by atoms with Gasteiger partial charge in [-0.05, 0) is 23.8 Å². The van der Waals surface area contributed by atoms with Gasteiger partial charge < -0.3 is 20.9 Å². The molecule has 0 spiro atoms. The number of nitrogens with one attached hydrogen (secondary N) is 1. The number of anilines is 2. The van der Waals surface area contributed by atoms with Gasteiger partial charge in [-0.25, -0.2) is 19.3 Å². The van der Waals surface area contributed by atoms with Gasteiger partial charge in [0.15, 0.2) is 12.4 Å². The maximum atomic E-state index is 14.2. The Morgan fingerprint density at radius 3 is 2.81 bits per heavy atom. The molecule has 0 radical (unpaired) electrons. The molecule has 4 N–H and O–H groups in total. The first kappa shape index (κ1) is 21.7. The second-order valence-electron chi connectivity index (χ2n) is 6.36. The Morgan fingerprint density at radius 2 is 2.06 bits per heavy atom. The normalized spacial score (nSPS) is 10.1. The molecule has 2 heterocycles. The van der Waals surface area contributed by atoms with Crippen molar-refractivity contribution in [2.75, 3.05) is 24.3 Å². The summed E-state index contributed by atoms with van der Waals surface area (Å²) in [5.74, 6) is 4.91. The van der Waals surface area contributed by atoms with Crippen LogP contribution in [0.25, 0.3) is 0 Å². The summed E-state index contributed by atoms with van der Waals surface area (Å²) in [5, 5.41) is 11.6. The summed E-state index contributed by atoms with van der Waals surface area (Å²) in [6.45, 7) is -0.00441. The number of nitrogen functional groups attached to an aromatic ring is 1. The fourth-order valence-corrected chi connectivity index (χ4v) is 2.66. The summed E-state index contributed by atoms with van der Waals surface area (Å²) in [5.41, 5.74) is 7.59. The third-order valence-electron chi connectivity index (χ3n) is 4.19. The number of nitrogens with zero attached hydrogens (tertiary/aromatic N) is 3. The summed E-state index contributed by atoms with van der Waals surface area (Å²) in [6, 6.07) is 7.97. The molecule has 9 heteroatoms. The first-order valence-corrected chi connectivity index (χ1v) is 9.33. The molecule has 158 valence electrons. The minimum Gasteiger partial charge on any atom is -0.463 e. The van der Waals surface area contributed by atoms with Gasteiger partial charge in [0, 0.05) is 24.7 Å². The van der Waals surface area contributed by atoms with Crippen molar-refractivity contribution in [2.24, 2.45) is 0 Å². The number of rotatable bonds is 8. The fourth-order valence-electron chi connectivity index (χ4n) is 2.66. The molecule has 0 bridgehead atoms. The van der Waals surface area contributed by atoms with Crippen molar-refractivity contribution in [1.29, 1.82) is 0 Å². The second kappa shape index (κ2) is 10.7. The SMILES string of the molecule is Nc1ncccc1NCc1cc(CC(=O)c2cnc(OCC#CCO)cn2)ccc1F. The minimum absolute atomic E-state index is 0.0408. The smallest absolute Gasteiger partial charge is 0.233 e. The number of halogens is 1. The lowest BCUT2D eigenvalue weighted by atomic mass is 10.0. The maximum Gasteiger partial charge on any atom is 0.233 e. The maximum absolute atomic E-state index is 14.2. The van der Waals surface area contributed by atoms with Gasteiger partial charge in [-0.3, -0.25) is 4.79 Å². The zero-order chi connectivity index (χ0) is 22.1. The molecular weight excluding hydrogens is 401 g/mol. The van der Waals surface area contributed by atoms with Gasteiger partial charge >= 0.3 is 0 Å². The van der Waals surface area contributed by atoms with Crippen LogP contribution in [0.2, 0.25) is 0 Å².